The van der Waals surface area contributed by atoms with E-state index in [0.29, 0.717) is 25.2 Å². The van der Waals surface area contributed by atoms with Crippen LogP contribution in [0.15, 0.2) is 10.6 Å². The fourth-order valence-electron chi connectivity index (χ4n) is 2.39. The number of nitrogens with one attached hydrogen (secondary N) is 1. The van der Waals surface area contributed by atoms with E-state index in [-0.39, 0.29) is 24.5 Å². The van der Waals surface area contributed by atoms with E-state index in [1.165, 1.54) is 0 Å². The third-order valence-electron chi connectivity index (χ3n) is 4.35. The van der Waals surface area contributed by atoms with Crippen LogP contribution in [0.1, 0.15) is 39.8 Å². The van der Waals surface area contributed by atoms with E-state index in [1.807, 2.05) is 32.6 Å². The normalized spacial score (nSPS) is 20.4. The van der Waals surface area contributed by atoms with Gasteiger partial charge in [-0.25, -0.2) is 0 Å². The maximum absolute atomic E-state index is 12.5. The number of amides is 1. The van der Waals surface area contributed by atoms with E-state index in [1.54, 1.807) is 6.07 Å². The first kappa shape index (κ1) is 16.9. The van der Waals surface area contributed by atoms with Crippen LogP contribution in [0.3, 0.4) is 0 Å². The molecule has 22 heavy (non-hydrogen) atoms. The van der Waals surface area contributed by atoms with Crippen molar-refractivity contribution in [2.75, 3.05) is 25.0 Å². The Balaban J connectivity index is 2.05. The summed E-state index contributed by atoms with van der Waals surface area (Å²) in [7, 11) is 0. The quantitative estimate of drug-likeness (QED) is 0.741. The smallest absolute Gasteiger partial charge is 0.246 e. The second-order valence-corrected chi connectivity index (χ2v) is 7.02. The number of aliphatic hydroxyl groups is 2. The zero-order valence-corrected chi connectivity index (χ0v) is 13.6. The van der Waals surface area contributed by atoms with Crippen LogP contribution in [0.4, 0.5) is 5.88 Å². The van der Waals surface area contributed by atoms with Crippen molar-refractivity contribution in [1.82, 2.24) is 10.1 Å². The van der Waals surface area contributed by atoms with Gasteiger partial charge in [0, 0.05) is 24.6 Å². The maximum Gasteiger partial charge on any atom is 0.246 e. The Morgan fingerprint density at radius 2 is 2.18 bits per heavy atom. The van der Waals surface area contributed by atoms with Gasteiger partial charge in [-0.3, -0.25) is 15.0 Å². The number of aliphatic hydroxyl groups excluding tert-OH is 2. The molecule has 2 rings (SSSR count). The van der Waals surface area contributed by atoms with Crippen molar-refractivity contribution in [3.05, 3.63) is 11.8 Å². The standard InChI is InChI=1S/C15H25N3O4/c1-14(2,9-19)11-7-12(22-17-11)16-13(21)15(3,4)18-6-5-10(20)8-18/h7,10,19-20H,5-6,8-9H2,1-4H3,(H,16,21)/t10-/m1/s1. The molecule has 3 N–H and O–H groups in total. The lowest BCUT2D eigenvalue weighted by molar-refractivity contribution is -0.126. The highest BCUT2D eigenvalue weighted by Gasteiger charge is 2.39. The average Bonchev–Trinajstić information content (AvgIpc) is 3.08. The topological polar surface area (TPSA) is 98.8 Å². The molecule has 1 aromatic rings. The van der Waals surface area contributed by atoms with Crippen molar-refractivity contribution in [3.8, 4) is 0 Å². The first-order chi connectivity index (χ1) is 10.2. The molecule has 0 bridgehead atoms. The molecule has 1 atom stereocenters. The van der Waals surface area contributed by atoms with Crippen molar-refractivity contribution in [2.45, 2.75) is 51.2 Å². The molecule has 1 amide bonds. The van der Waals surface area contributed by atoms with Crippen molar-refractivity contribution < 1.29 is 19.5 Å². The Kier molecular flexibility index (Phi) is 4.60. The predicted octanol–water partition coefficient (Wildman–Crippen LogP) is 0.728. The molecular weight excluding hydrogens is 286 g/mol. The van der Waals surface area contributed by atoms with Gasteiger partial charge in [0.25, 0.3) is 0 Å². The van der Waals surface area contributed by atoms with Gasteiger partial charge in [-0.05, 0) is 20.3 Å². The van der Waals surface area contributed by atoms with Crippen LogP contribution in [-0.2, 0) is 10.2 Å². The van der Waals surface area contributed by atoms with Crippen LogP contribution >= 0.6 is 0 Å². The Labute approximate surface area is 130 Å². The summed E-state index contributed by atoms with van der Waals surface area (Å²) in [6.45, 7) is 8.41. The Morgan fingerprint density at radius 1 is 1.50 bits per heavy atom. The highest BCUT2D eigenvalue weighted by atomic mass is 16.5. The van der Waals surface area contributed by atoms with Gasteiger partial charge in [0.05, 0.1) is 23.9 Å². The fraction of sp³-hybridized carbons (Fsp3) is 0.733. The SMILES string of the molecule is CC(C)(CO)c1cc(NC(=O)C(C)(C)N2CC[C@@H](O)C2)on1. The van der Waals surface area contributed by atoms with E-state index >= 15 is 0 Å². The summed E-state index contributed by atoms with van der Waals surface area (Å²) in [6.07, 6.45) is 0.294. The van der Waals surface area contributed by atoms with E-state index in [0.717, 1.165) is 0 Å². The largest absolute Gasteiger partial charge is 0.395 e. The van der Waals surface area contributed by atoms with Crippen LogP contribution in [0.25, 0.3) is 0 Å². The number of rotatable bonds is 5. The third kappa shape index (κ3) is 3.31. The van der Waals surface area contributed by atoms with Gasteiger partial charge >= 0.3 is 0 Å². The molecular formula is C15H25N3O4. The summed E-state index contributed by atoms with van der Waals surface area (Å²) >= 11 is 0. The lowest BCUT2D eigenvalue weighted by atomic mass is 9.91. The molecule has 1 aromatic heterocycles. The number of aromatic nitrogens is 1. The second-order valence-electron chi connectivity index (χ2n) is 7.02. The molecule has 2 heterocycles. The molecule has 7 heteroatoms. The van der Waals surface area contributed by atoms with Crippen molar-refractivity contribution in [1.29, 1.82) is 0 Å². The summed E-state index contributed by atoms with van der Waals surface area (Å²) in [5, 5.41) is 25.6. The molecule has 0 aromatic carbocycles. The average molecular weight is 311 g/mol. The molecule has 0 unspecified atom stereocenters. The summed E-state index contributed by atoms with van der Waals surface area (Å²) in [5.74, 6) is 0.0421. The van der Waals surface area contributed by atoms with Crippen molar-refractivity contribution in [2.24, 2.45) is 0 Å². The lowest BCUT2D eigenvalue weighted by Gasteiger charge is -2.33. The summed E-state index contributed by atoms with van der Waals surface area (Å²) in [6, 6.07) is 1.63. The van der Waals surface area contributed by atoms with Gasteiger partial charge in [-0.1, -0.05) is 19.0 Å². The first-order valence-corrected chi connectivity index (χ1v) is 7.49. The van der Waals surface area contributed by atoms with Crippen molar-refractivity contribution >= 4 is 11.8 Å². The second kappa shape index (κ2) is 5.98. The van der Waals surface area contributed by atoms with Crippen LogP contribution in [0.5, 0.6) is 0 Å². The minimum Gasteiger partial charge on any atom is -0.395 e. The number of likely N-dealkylation sites (tertiary alicyclic amines) is 1. The van der Waals surface area contributed by atoms with Crippen LogP contribution in [-0.4, -0.2) is 57.5 Å². The molecule has 1 saturated heterocycles. The minimum absolute atomic E-state index is 0.0654. The zero-order chi connectivity index (χ0) is 16.5. The lowest BCUT2D eigenvalue weighted by Crippen LogP contribution is -2.51. The minimum atomic E-state index is -0.753. The Morgan fingerprint density at radius 3 is 2.73 bits per heavy atom. The number of carbonyl (C=O) groups is 1. The van der Waals surface area contributed by atoms with Crippen LogP contribution in [0, 0.1) is 0 Å². The Hall–Kier alpha value is -1.44. The molecule has 7 nitrogen and oxygen atoms in total. The molecule has 0 spiro atoms. The summed E-state index contributed by atoms with van der Waals surface area (Å²) in [5.41, 5.74) is -0.697. The number of carbonyl (C=O) groups excluding carboxylic acids is 1. The van der Waals surface area contributed by atoms with Gasteiger partial charge in [0.1, 0.15) is 0 Å². The molecule has 0 radical (unpaired) electrons. The highest BCUT2D eigenvalue weighted by molar-refractivity contribution is 5.96. The molecule has 124 valence electrons. The number of nitrogens with zero attached hydrogens (tertiary/aromatic N) is 2. The molecule has 1 fully saturated rings. The van der Waals surface area contributed by atoms with E-state index < -0.39 is 11.0 Å². The van der Waals surface area contributed by atoms with E-state index in [9.17, 15) is 15.0 Å². The van der Waals surface area contributed by atoms with Crippen molar-refractivity contribution in [3.63, 3.8) is 0 Å². The first-order valence-electron chi connectivity index (χ1n) is 7.49. The number of hydrogen-bond acceptors (Lipinski definition) is 6. The molecule has 0 aliphatic carbocycles. The molecule has 1 aliphatic rings. The van der Waals surface area contributed by atoms with Gasteiger partial charge in [-0.15, -0.1) is 0 Å². The fourth-order valence-corrected chi connectivity index (χ4v) is 2.39. The number of anilines is 1. The van der Waals surface area contributed by atoms with Crippen LogP contribution < -0.4 is 5.32 Å². The van der Waals surface area contributed by atoms with Gasteiger partial charge < -0.3 is 14.7 Å². The summed E-state index contributed by atoms with van der Waals surface area (Å²) in [4.78, 5) is 14.4. The Bertz CT molecular complexity index is 539. The zero-order valence-electron chi connectivity index (χ0n) is 13.6. The third-order valence-corrected chi connectivity index (χ3v) is 4.35. The van der Waals surface area contributed by atoms with E-state index in [4.69, 9.17) is 4.52 Å². The van der Waals surface area contributed by atoms with Crippen LogP contribution in [0.2, 0.25) is 0 Å². The monoisotopic (exact) mass is 311 g/mol. The van der Waals surface area contributed by atoms with E-state index in [2.05, 4.69) is 10.5 Å². The highest BCUT2D eigenvalue weighted by Crippen LogP contribution is 2.26. The molecule has 1 aliphatic heterocycles. The number of β-amino-alcohol motifs (C(OH)–C–C–N with tert-alkyl or cyclic N) is 1. The number of hydrogen-bond donors (Lipinski definition) is 3. The van der Waals surface area contributed by atoms with Gasteiger partial charge in [0.15, 0.2) is 0 Å². The maximum atomic E-state index is 12.5. The van der Waals surface area contributed by atoms with Gasteiger partial charge in [-0.2, -0.15) is 0 Å². The predicted molar refractivity (Wildman–Crippen MR) is 81.5 cm³/mol. The molecule has 0 saturated carbocycles. The summed E-state index contributed by atoms with van der Waals surface area (Å²) < 4.78 is 5.14. The van der Waals surface area contributed by atoms with Gasteiger partial charge in [0.2, 0.25) is 11.8 Å².